The topological polar surface area (TPSA) is 85.4 Å². The maximum Gasteiger partial charge on any atom is 0.409 e. The van der Waals surface area contributed by atoms with E-state index in [0.29, 0.717) is 31.7 Å². The minimum atomic E-state index is -0.178. The monoisotopic (exact) mass is 863 g/mol. The standard InChI is InChI=1S/C53H102N2O6/c1-7-13-17-21-23-27-38-49(36-25-19-15-9-3)51(56)59-41-31-29-34-47-44-48(46-55(45-47)53(58)61-43-33-40-54(11-5)12-6)35-30-32-42-60-52(57)50(37-26-20-16-10-4)39-28-24-22-18-14-8-2/h47-50H,7-46H2,1-6H3. The number of likely N-dealkylation sites (tertiary alicyclic amines) is 1. The first-order valence-electron chi connectivity index (χ1n) is 26.8. The second-order valence-electron chi connectivity index (χ2n) is 18.9. The van der Waals surface area contributed by atoms with Gasteiger partial charge < -0.3 is 24.0 Å². The predicted molar refractivity (Wildman–Crippen MR) is 257 cm³/mol. The minimum Gasteiger partial charge on any atom is -0.465 e. The van der Waals surface area contributed by atoms with E-state index in [2.05, 4.69) is 46.4 Å². The lowest BCUT2D eigenvalue weighted by molar-refractivity contribution is -0.150. The first-order valence-corrected chi connectivity index (χ1v) is 26.8. The maximum absolute atomic E-state index is 13.4. The van der Waals surface area contributed by atoms with Gasteiger partial charge in [0.05, 0.1) is 31.7 Å². The highest BCUT2D eigenvalue weighted by Crippen LogP contribution is 2.30. The Morgan fingerprint density at radius 2 is 0.820 bits per heavy atom. The molecule has 61 heavy (non-hydrogen) atoms. The molecule has 0 bridgehead atoms. The van der Waals surface area contributed by atoms with Crippen molar-refractivity contribution < 1.29 is 28.6 Å². The molecule has 0 aliphatic carbocycles. The third-order valence-electron chi connectivity index (χ3n) is 13.4. The number of nitrogens with zero attached hydrogens (tertiary/aromatic N) is 2. The summed E-state index contributed by atoms with van der Waals surface area (Å²) < 4.78 is 17.7. The zero-order valence-corrected chi connectivity index (χ0v) is 41.4. The van der Waals surface area contributed by atoms with Gasteiger partial charge >= 0.3 is 18.0 Å². The van der Waals surface area contributed by atoms with Crippen molar-refractivity contribution in [2.45, 2.75) is 247 Å². The van der Waals surface area contributed by atoms with Crippen molar-refractivity contribution in [3.63, 3.8) is 0 Å². The fourth-order valence-electron chi connectivity index (χ4n) is 9.35. The Hall–Kier alpha value is -1.83. The third-order valence-corrected chi connectivity index (χ3v) is 13.4. The fourth-order valence-corrected chi connectivity index (χ4v) is 9.35. The van der Waals surface area contributed by atoms with E-state index in [4.69, 9.17) is 14.2 Å². The molecule has 0 aromatic carbocycles. The molecule has 0 saturated carbocycles. The molecule has 0 aromatic heterocycles. The molecule has 8 heteroatoms. The van der Waals surface area contributed by atoms with Crippen LogP contribution in [0.5, 0.6) is 0 Å². The molecular weight excluding hydrogens is 761 g/mol. The molecule has 1 rings (SSSR count). The molecule has 1 aliphatic rings. The second-order valence-corrected chi connectivity index (χ2v) is 18.9. The van der Waals surface area contributed by atoms with Crippen molar-refractivity contribution in [1.29, 1.82) is 0 Å². The summed E-state index contributed by atoms with van der Waals surface area (Å²) in [6, 6.07) is 0. The summed E-state index contributed by atoms with van der Waals surface area (Å²) in [5.74, 6) is 0.931. The van der Waals surface area contributed by atoms with Gasteiger partial charge in [-0.2, -0.15) is 0 Å². The number of rotatable bonds is 42. The molecule has 4 unspecified atom stereocenters. The van der Waals surface area contributed by atoms with Gasteiger partial charge in [0.1, 0.15) is 0 Å². The Labute approximate surface area is 378 Å². The lowest BCUT2D eigenvalue weighted by atomic mass is 9.83. The highest BCUT2D eigenvalue weighted by molar-refractivity contribution is 5.72. The molecule has 1 aliphatic heterocycles. The van der Waals surface area contributed by atoms with E-state index in [-0.39, 0.29) is 29.9 Å². The number of hydrogen-bond donors (Lipinski definition) is 0. The summed E-state index contributed by atoms with van der Waals surface area (Å²) >= 11 is 0. The summed E-state index contributed by atoms with van der Waals surface area (Å²) in [6.07, 6.45) is 35.9. The number of carbonyl (C=O) groups excluding carboxylic acids is 3. The van der Waals surface area contributed by atoms with E-state index in [0.717, 1.165) is 135 Å². The number of ether oxygens (including phenoxy) is 3. The number of hydrogen-bond acceptors (Lipinski definition) is 7. The molecule has 1 fully saturated rings. The van der Waals surface area contributed by atoms with E-state index in [1.807, 2.05) is 4.90 Å². The molecule has 360 valence electrons. The van der Waals surface area contributed by atoms with Gasteiger partial charge in [0.25, 0.3) is 0 Å². The number of piperidine rings is 1. The molecule has 0 N–H and O–H groups in total. The lowest BCUT2D eigenvalue weighted by Gasteiger charge is -2.37. The van der Waals surface area contributed by atoms with Crippen LogP contribution in [-0.2, 0) is 23.8 Å². The summed E-state index contributed by atoms with van der Waals surface area (Å²) in [4.78, 5) is 44.2. The average Bonchev–Trinajstić information content (AvgIpc) is 3.26. The zero-order chi connectivity index (χ0) is 44.6. The van der Waals surface area contributed by atoms with Gasteiger partial charge in [-0.05, 0) is 102 Å². The van der Waals surface area contributed by atoms with Crippen molar-refractivity contribution in [2.24, 2.45) is 23.7 Å². The largest absolute Gasteiger partial charge is 0.465 e. The Morgan fingerprint density at radius 1 is 0.459 bits per heavy atom. The summed E-state index contributed by atoms with van der Waals surface area (Å²) in [6.45, 7) is 19.2. The second kappa shape index (κ2) is 40.9. The van der Waals surface area contributed by atoms with E-state index in [1.54, 1.807) is 0 Å². The Bertz CT molecular complexity index is 959. The van der Waals surface area contributed by atoms with Crippen LogP contribution in [0.2, 0.25) is 0 Å². The van der Waals surface area contributed by atoms with Crippen LogP contribution in [0, 0.1) is 23.7 Å². The molecule has 1 saturated heterocycles. The predicted octanol–water partition coefficient (Wildman–Crippen LogP) is 14.9. The van der Waals surface area contributed by atoms with Gasteiger partial charge in [-0.15, -0.1) is 0 Å². The molecule has 4 atom stereocenters. The Kier molecular flexibility index (Phi) is 38.4. The van der Waals surface area contributed by atoms with Gasteiger partial charge in [-0.25, -0.2) is 4.79 Å². The summed E-state index contributed by atoms with van der Waals surface area (Å²) in [7, 11) is 0. The smallest absolute Gasteiger partial charge is 0.409 e. The molecule has 1 heterocycles. The number of amides is 1. The molecule has 0 spiro atoms. The normalized spacial score (nSPS) is 16.5. The Morgan fingerprint density at radius 3 is 1.21 bits per heavy atom. The van der Waals surface area contributed by atoms with E-state index >= 15 is 0 Å². The van der Waals surface area contributed by atoms with Crippen LogP contribution in [0.4, 0.5) is 4.79 Å². The Balaban J connectivity index is 2.69. The number of unbranched alkanes of at least 4 members (excludes halogenated alkanes) is 18. The van der Waals surface area contributed by atoms with Crippen molar-refractivity contribution in [1.82, 2.24) is 9.80 Å². The minimum absolute atomic E-state index is 0.0173. The van der Waals surface area contributed by atoms with Crippen LogP contribution in [0.1, 0.15) is 247 Å². The summed E-state index contributed by atoms with van der Waals surface area (Å²) in [5.41, 5.74) is 0. The average molecular weight is 863 g/mol. The number of esters is 2. The lowest BCUT2D eigenvalue weighted by Crippen LogP contribution is -2.44. The van der Waals surface area contributed by atoms with E-state index in [9.17, 15) is 14.4 Å². The van der Waals surface area contributed by atoms with Crippen LogP contribution >= 0.6 is 0 Å². The van der Waals surface area contributed by atoms with E-state index in [1.165, 1.54) is 103 Å². The van der Waals surface area contributed by atoms with Crippen LogP contribution < -0.4 is 0 Å². The van der Waals surface area contributed by atoms with E-state index < -0.39 is 0 Å². The SMILES string of the molecule is CCCCCCCCC(CCCCCC)C(=O)OCCCCC1CC(CCCCOC(=O)C(CCCCCC)CCCCCCCC)CN(C(=O)OCCCN(CC)CC)C1. The van der Waals surface area contributed by atoms with Crippen LogP contribution in [0.15, 0.2) is 0 Å². The first kappa shape index (κ1) is 57.2. The zero-order valence-electron chi connectivity index (χ0n) is 41.4. The highest BCUT2D eigenvalue weighted by atomic mass is 16.6. The highest BCUT2D eigenvalue weighted by Gasteiger charge is 2.31. The summed E-state index contributed by atoms with van der Waals surface area (Å²) in [5, 5.41) is 0. The number of carbonyl (C=O) groups is 3. The van der Waals surface area contributed by atoms with Gasteiger partial charge in [0.2, 0.25) is 0 Å². The van der Waals surface area contributed by atoms with Crippen molar-refractivity contribution in [3.05, 3.63) is 0 Å². The molecular formula is C53H102N2O6. The first-order chi connectivity index (χ1) is 29.8. The van der Waals surface area contributed by atoms with Crippen LogP contribution in [-0.4, -0.2) is 80.4 Å². The molecule has 8 nitrogen and oxygen atoms in total. The van der Waals surface area contributed by atoms with Crippen molar-refractivity contribution >= 4 is 18.0 Å². The third kappa shape index (κ3) is 30.8. The fraction of sp³-hybridized carbons (Fsp3) is 0.943. The molecule has 1 amide bonds. The van der Waals surface area contributed by atoms with Gasteiger partial charge in [-0.3, -0.25) is 9.59 Å². The van der Waals surface area contributed by atoms with Crippen LogP contribution in [0.3, 0.4) is 0 Å². The van der Waals surface area contributed by atoms with Gasteiger partial charge in [0, 0.05) is 19.6 Å². The van der Waals surface area contributed by atoms with Crippen molar-refractivity contribution in [3.8, 4) is 0 Å². The quantitative estimate of drug-likeness (QED) is 0.0343. The van der Waals surface area contributed by atoms with Gasteiger partial charge in [0.15, 0.2) is 0 Å². The molecule has 0 radical (unpaired) electrons. The maximum atomic E-state index is 13.4. The van der Waals surface area contributed by atoms with Crippen molar-refractivity contribution in [2.75, 3.05) is 52.5 Å². The molecule has 0 aromatic rings. The van der Waals surface area contributed by atoms with Crippen LogP contribution in [0.25, 0.3) is 0 Å². The van der Waals surface area contributed by atoms with Gasteiger partial charge in [-0.1, -0.05) is 170 Å².